The summed E-state index contributed by atoms with van der Waals surface area (Å²) in [4.78, 5) is 26.6. The van der Waals surface area contributed by atoms with Crippen molar-refractivity contribution in [3.63, 3.8) is 0 Å². The molecule has 0 bridgehead atoms. The first kappa shape index (κ1) is 21.4. The van der Waals surface area contributed by atoms with E-state index in [1.807, 2.05) is 0 Å². The molecule has 2 heterocycles. The highest BCUT2D eigenvalue weighted by Crippen LogP contribution is 2.29. The number of nitrogens with zero attached hydrogens (tertiary/aromatic N) is 1. The van der Waals surface area contributed by atoms with Gasteiger partial charge in [0.25, 0.3) is 0 Å². The quantitative estimate of drug-likeness (QED) is 0.597. The van der Waals surface area contributed by atoms with Crippen molar-refractivity contribution in [2.24, 2.45) is 5.92 Å². The molecule has 9 nitrogen and oxygen atoms in total. The van der Waals surface area contributed by atoms with Gasteiger partial charge in [-0.3, -0.25) is 9.78 Å². The molecule has 1 saturated heterocycles. The SMILES string of the molecule is COc1ccc(NC(=O)C2CCCN(S(=O)(=O)c3ccc4[nH]c(=O)oc4c3)C2)cc1Cl. The highest BCUT2D eigenvalue weighted by atomic mass is 35.5. The Morgan fingerprint density at radius 3 is 2.84 bits per heavy atom. The van der Waals surface area contributed by atoms with Crippen molar-refractivity contribution in [2.75, 3.05) is 25.5 Å². The fourth-order valence-electron chi connectivity index (χ4n) is 3.60. The molecule has 164 valence electrons. The number of methoxy groups -OCH3 is 1. The standard InChI is InChI=1S/C20H20ClN3O6S/c1-29-17-7-4-13(9-15(17)21)22-19(25)12-3-2-8-24(11-12)31(27,28)14-5-6-16-18(10-14)30-20(26)23-16/h4-7,9-10,12H,2-3,8,11H2,1H3,(H,22,25)(H,23,26). The van der Waals surface area contributed by atoms with E-state index in [1.54, 1.807) is 18.2 Å². The largest absolute Gasteiger partial charge is 0.495 e. The van der Waals surface area contributed by atoms with Gasteiger partial charge in [-0.1, -0.05) is 11.6 Å². The number of sulfonamides is 1. The third-order valence-corrected chi connectivity index (χ3v) is 7.36. The van der Waals surface area contributed by atoms with Gasteiger partial charge in [0.15, 0.2) is 5.58 Å². The average molecular weight is 466 g/mol. The summed E-state index contributed by atoms with van der Waals surface area (Å²) < 4.78 is 37.6. The van der Waals surface area contributed by atoms with E-state index in [9.17, 15) is 18.0 Å². The molecule has 1 amide bonds. The lowest BCUT2D eigenvalue weighted by atomic mass is 9.98. The summed E-state index contributed by atoms with van der Waals surface area (Å²) in [6.07, 6.45) is 1.11. The van der Waals surface area contributed by atoms with E-state index >= 15 is 0 Å². The Morgan fingerprint density at radius 2 is 2.10 bits per heavy atom. The highest BCUT2D eigenvalue weighted by Gasteiger charge is 2.33. The number of aromatic nitrogens is 1. The molecule has 2 aromatic carbocycles. The number of aromatic amines is 1. The zero-order valence-corrected chi connectivity index (χ0v) is 18.1. The Morgan fingerprint density at radius 1 is 1.29 bits per heavy atom. The lowest BCUT2D eigenvalue weighted by Gasteiger charge is -2.31. The summed E-state index contributed by atoms with van der Waals surface area (Å²) in [6, 6.07) is 9.09. The number of amides is 1. The van der Waals surface area contributed by atoms with Gasteiger partial charge in [0.05, 0.1) is 28.5 Å². The van der Waals surface area contributed by atoms with Gasteiger partial charge >= 0.3 is 5.76 Å². The third-order valence-electron chi connectivity index (χ3n) is 5.20. The van der Waals surface area contributed by atoms with Crippen LogP contribution in [0.3, 0.4) is 0 Å². The van der Waals surface area contributed by atoms with E-state index in [2.05, 4.69) is 10.3 Å². The highest BCUT2D eigenvalue weighted by molar-refractivity contribution is 7.89. The molecule has 2 N–H and O–H groups in total. The number of oxazole rings is 1. The molecule has 31 heavy (non-hydrogen) atoms. The van der Waals surface area contributed by atoms with Crippen molar-refractivity contribution in [3.8, 4) is 5.75 Å². The van der Waals surface area contributed by atoms with Gasteiger partial charge in [0.2, 0.25) is 15.9 Å². The normalized spacial score (nSPS) is 17.5. The number of rotatable bonds is 5. The van der Waals surface area contributed by atoms with Gasteiger partial charge in [-0.2, -0.15) is 4.31 Å². The molecular weight excluding hydrogens is 446 g/mol. The van der Waals surface area contributed by atoms with Crippen LogP contribution in [0, 0.1) is 5.92 Å². The van der Waals surface area contributed by atoms with Crippen LogP contribution in [0.2, 0.25) is 5.02 Å². The first-order valence-corrected chi connectivity index (χ1v) is 11.4. The lowest BCUT2D eigenvalue weighted by molar-refractivity contribution is -0.120. The summed E-state index contributed by atoms with van der Waals surface area (Å²) >= 11 is 6.10. The molecular formula is C20H20ClN3O6S. The lowest BCUT2D eigenvalue weighted by Crippen LogP contribution is -2.43. The van der Waals surface area contributed by atoms with E-state index < -0.39 is 21.7 Å². The maximum Gasteiger partial charge on any atom is 0.417 e. The number of anilines is 1. The molecule has 1 atom stereocenters. The van der Waals surface area contributed by atoms with Gasteiger partial charge < -0.3 is 14.5 Å². The maximum atomic E-state index is 13.1. The number of H-pyrrole nitrogens is 1. The number of benzene rings is 2. The summed E-state index contributed by atoms with van der Waals surface area (Å²) in [5.74, 6) is -0.964. The molecule has 0 aliphatic carbocycles. The van der Waals surface area contributed by atoms with Crippen molar-refractivity contribution in [2.45, 2.75) is 17.7 Å². The molecule has 1 unspecified atom stereocenters. The smallest absolute Gasteiger partial charge is 0.417 e. The number of fused-ring (bicyclic) bond motifs is 1. The minimum Gasteiger partial charge on any atom is -0.495 e. The topological polar surface area (TPSA) is 122 Å². The second-order valence-corrected chi connectivity index (χ2v) is 9.56. The minimum absolute atomic E-state index is 0.00532. The molecule has 4 rings (SSSR count). The first-order chi connectivity index (χ1) is 14.8. The van der Waals surface area contributed by atoms with Crippen LogP contribution in [0.25, 0.3) is 11.1 Å². The number of carbonyl (C=O) groups excluding carboxylic acids is 1. The van der Waals surface area contributed by atoms with Gasteiger partial charge in [0.1, 0.15) is 5.75 Å². The molecule has 0 saturated carbocycles. The monoisotopic (exact) mass is 465 g/mol. The van der Waals surface area contributed by atoms with Crippen molar-refractivity contribution < 1.29 is 22.4 Å². The summed E-state index contributed by atoms with van der Waals surface area (Å²) in [6.45, 7) is 0.350. The number of halogens is 1. The van der Waals surface area contributed by atoms with Gasteiger partial charge in [-0.15, -0.1) is 0 Å². The van der Waals surface area contributed by atoms with Crippen LogP contribution in [-0.2, 0) is 14.8 Å². The van der Waals surface area contributed by atoms with Gasteiger partial charge in [-0.05, 0) is 43.2 Å². The van der Waals surface area contributed by atoms with E-state index in [0.29, 0.717) is 41.4 Å². The predicted octanol–water partition coefficient (Wildman–Crippen LogP) is 2.82. The van der Waals surface area contributed by atoms with Crippen LogP contribution in [0.4, 0.5) is 5.69 Å². The zero-order valence-electron chi connectivity index (χ0n) is 16.6. The second kappa shape index (κ2) is 8.37. The van der Waals surface area contributed by atoms with Gasteiger partial charge in [-0.25, -0.2) is 13.2 Å². The Bertz CT molecular complexity index is 1300. The molecule has 1 fully saturated rings. The zero-order chi connectivity index (χ0) is 22.2. The first-order valence-electron chi connectivity index (χ1n) is 9.55. The number of hydrogen-bond donors (Lipinski definition) is 2. The molecule has 0 spiro atoms. The number of ether oxygens (including phenoxy) is 1. The van der Waals surface area contributed by atoms with Crippen molar-refractivity contribution >= 4 is 44.3 Å². The molecule has 3 aromatic rings. The van der Waals surface area contributed by atoms with E-state index in [1.165, 1.54) is 29.6 Å². The Balaban J connectivity index is 1.50. The third kappa shape index (κ3) is 4.32. The van der Waals surface area contributed by atoms with Crippen LogP contribution in [0.15, 0.2) is 50.5 Å². The summed E-state index contributed by atoms with van der Waals surface area (Å²) in [5, 5.41) is 3.15. The fourth-order valence-corrected chi connectivity index (χ4v) is 5.40. The summed E-state index contributed by atoms with van der Waals surface area (Å²) in [5.41, 5.74) is 1.08. The number of nitrogens with one attached hydrogen (secondary N) is 2. The van der Waals surface area contributed by atoms with Crippen LogP contribution in [0.5, 0.6) is 5.75 Å². The molecule has 11 heteroatoms. The molecule has 1 aromatic heterocycles. The summed E-state index contributed by atoms with van der Waals surface area (Å²) in [7, 11) is -2.36. The fraction of sp³-hybridized carbons (Fsp3) is 0.300. The van der Waals surface area contributed by atoms with Crippen molar-refractivity contribution in [1.29, 1.82) is 0 Å². The van der Waals surface area contributed by atoms with E-state index in [4.69, 9.17) is 20.8 Å². The Hall–Kier alpha value is -2.82. The van der Waals surface area contributed by atoms with E-state index in [-0.39, 0.29) is 22.9 Å². The second-order valence-electron chi connectivity index (χ2n) is 7.21. The van der Waals surface area contributed by atoms with Crippen LogP contribution in [0.1, 0.15) is 12.8 Å². The predicted molar refractivity (Wildman–Crippen MR) is 115 cm³/mol. The minimum atomic E-state index is -3.86. The molecule has 1 aliphatic heterocycles. The number of piperidine rings is 1. The van der Waals surface area contributed by atoms with Crippen molar-refractivity contribution in [1.82, 2.24) is 9.29 Å². The van der Waals surface area contributed by atoms with Gasteiger partial charge in [0, 0.05) is 24.8 Å². The molecule has 1 aliphatic rings. The molecule has 0 radical (unpaired) electrons. The van der Waals surface area contributed by atoms with E-state index in [0.717, 1.165) is 0 Å². The maximum absolute atomic E-state index is 13.1. The van der Waals surface area contributed by atoms with Crippen molar-refractivity contribution in [3.05, 3.63) is 52.0 Å². The Labute approximate surface area is 183 Å². The Kier molecular flexibility index (Phi) is 5.78. The number of hydrogen-bond acceptors (Lipinski definition) is 6. The van der Waals surface area contributed by atoms with Crippen LogP contribution in [-0.4, -0.2) is 43.8 Å². The number of carbonyl (C=O) groups is 1. The van der Waals surface area contributed by atoms with Crippen LogP contribution < -0.4 is 15.8 Å². The average Bonchev–Trinajstić information content (AvgIpc) is 3.13. The van der Waals surface area contributed by atoms with Crippen LogP contribution >= 0.6 is 11.6 Å².